The number of Topliss-reactive ketones (excluding diaryl/α,β-unsaturated/α-hetero) is 1. The van der Waals surface area contributed by atoms with Crippen LogP contribution in [0.5, 0.6) is 5.75 Å². The number of aliphatic hydroxyl groups is 1. The first-order chi connectivity index (χ1) is 14.0. The molecule has 5 heteroatoms. The SMILES string of the molecule is CC(C)NCC(O)COc1ccccc1C(=O)CCc1cccc2ccccc12.Cl. The molecule has 2 N–H and O–H groups in total. The summed E-state index contributed by atoms with van der Waals surface area (Å²) in [5, 5.41) is 15.6. The summed E-state index contributed by atoms with van der Waals surface area (Å²) >= 11 is 0. The van der Waals surface area contributed by atoms with Gasteiger partial charge >= 0.3 is 0 Å². The molecule has 0 aliphatic heterocycles. The Hall–Kier alpha value is -2.40. The highest BCUT2D eigenvalue weighted by molar-refractivity contribution is 5.99. The van der Waals surface area contributed by atoms with E-state index >= 15 is 0 Å². The average molecular weight is 428 g/mol. The van der Waals surface area contributed by atoms with Crippen LogP contribution >= 0.6 is 12.4 Å². The number of aryl methyl sites for hydroxylation is 1. The molecule has 0 heterocycles. The predicted molar refractivity (Wildman–Crippen MR) is 125 cm³/mol. The third kappa shape index (κ3) is 6.56. The van der Waals surface area contributed by atoms with Gasteiger partial charge in [0.1, 0.15) is 18.5 Å². The number of ketones is 1. The summed E-state index contributed by atoms with van der Waals surface area (Å²) in [6.45, 7) is 4.65. The number of rotatable bonds is 10. The maximum absolute atomic E-state index is 12.9. The molecule has 0 saturated carbocycles. The van der Waals surface area contributed by atoms with Gasteiger partial charge in [0.05, 0.1) is 5.56 Å². The first-order valence-corrected chi connectivity index (χ1v) is 10.2. The maximum Gasteiger partial charge on any atom is 0.166 e. The van der Waals surface area contributed by atoms with Gasteiger partial charge in [-0.25, -0.2) is 0 Å². The fourth-order valence-corrected chi connectivity index (χ4v) is 3.33. The van der Waals surface area contributed by atoms with Crippen molar-refractivity contribution in [1.29, 1.82) is 0 Å². The largest absolute Gasteiger partial charge is 0.490 e. The van der Waals surface area contributed by atoms with Crippen LogP contribution in [-0.2, 0) is 6.42 Å². The van der Waals surface area contributed by atoms with Gasteiger partial charge in [0.2, 0.25) is 0 Å². The molecule has 0 bridgehead atoms. The van der Waals surface area contributed by atoms with E-state index in [1.165, 1.54) is 16.3 Å². The van der Waals surface area contributed by atoms with Crippen molar-refractivity contribution in [2.24, 2.45) is 0 Å². The number of hydrogen-bond donors (Lipinski definition) is 2. The molecule has 0 aliphatic carbocycles. The van der Waals surface area contributed by atoms with Crippen molar-refractivity contribution in [2.45, 2.75) is 38.8 Å². The minimum atomic E-state index is -0.628. The zero-order valence-corrected chi connectivity index (χ0v) is 18.3. The molecule has 160 valence electrons. The number of halogens is 1. The number of benzene rings is 3. The van der Waals surface area contributed by atoms with Gasteiger partial charge in [-0.1, -0.05) is 68.4 Å². The van der Waals surface area contributed by atoms with E-state index in [2.05, 4.69) is 29.6 Å². The monoisotopic (exact) mass is 427 g/mol. The second kappa shape index (κ2) is 11.7. The van der Waals surface area contributed by atoms with E-state index in [1.807, 2.05) is 44.2 Å². The number of hydrogen-bond acceptors (Lipinski definition) is 4. The van der Waals surface area contributed by atoms with E-state index in [0.717, 1.165) is 0 Å². The molecule has 0 fully saturated rings. The van der Waals surface area contributed by atoms with Crippen molar-refractivity contribution in [2.75, 3.05) is 13.2 Å². The van der Waals surface area contributed by atoms with Crippen LogP contribution in [0.15, 0.2) is 66.7 Å². The quantitative estimate of drug-likeness (QED) is 0.455. The molecule has 0 radical (unpaired) electrons. The van der Waals surface area contributed by atoms with Crippen molar-refractivity contribution < 1.29 is 14.6 Å². The predicted octanol–water partition coefficient (Wildman–Crippen LogP) is 4.81. The maximum atomic E-state index is 12.9. The zero-order chi connectivity index (χ0) is 20.6. The summed E-state index contributed by atoms with van der Waals surface area (Å²) in [6.07, 6.45) is 0.456. The third-order valence-electron chi connectivity index (χ3n) is 4.88. The Bertz CT molecular complexity index is 953. The lowest BCUT2D eigenvalue weighted by Gasteiger charge is -2.16. The number of carbonyl (C=O) groups excluding carboxylic acids is 1. The van der Waals surface area contributed by atoms with Gasteiger partial charge in [-0.15, -0.1) is 12.4 Å². The molecule has 3 rings (SSSR count). The molecule has 0 spiro atoms. The highest BCUT2D eigenvalue weighted by atomic mass is 35.5. The number of carbonyl (C=O) groups is 1. The lowest BCUT2D eigenvalue weighted by molar-refractivity contribution is 0.0946. The molecule has 0 amide bonds. The zero-order valence-electron chi connectivity index (χ0n) is 17.5. The van der Waals surface area contributed by atoms with Crippen molar-refractivity contribution in [3.63, 3.8) is 0 Å². The highest BCUT2D eigenvalue weighted by Gasteiger charge is 2.14. The Kier molecular flexibility index (Phi) is 9.31. The van der Waals surface area contributed by atoms with Crippen LogP contribution in [0.2, 0.25) is 0 Å². The van der Waals surface area contributed by atoms with Crippen LogP contribution in [0, 0.1) is 0 Å². The van der Waals surface area contributed by atoms with Crippen LogP contribution in [0.1, 0.15) is 36.2 Å². The molecule has 0 aromatic heterocycles. The van der Waals surface area contributed by atoms with E-state index in [-0.39, 0.29) is 24.8 Å². The first kappa shape index (κ1) is 23.9. The van der Waals surface area contributed by atoms with Crippen LogP contribution in [0.25, 0.3) is 10.8 Å². The Labute approximate surface area is 184 Å². The van der Waals surface area contributed by atoms with Crippen molar-refractivity contribution in [3.05, 3.63) is 77.9 Å². The minimum absolute atomic E-state index is 0. The molecule has 3 aromatic carbocycles. The van der Waals surface area contributed by atoms with E-state index in [9.17, 15) is 9.90 Å². The minimum Gasteiger partial charge on any atom is -0.490 e. The van der Waals surface area contributed by atoms with Crippen LogP contribution < -0.4 is 10.1 Å². The number of para-hydroxylation sites is 1. The summed E-state index contributed by atoms with van der Waals surface area (Å²) < 4.78 is 5.76. The third-order valence-corrected chi connectivity index (χ3v) is 4.88. The molecule has 30 heavy (non-hydrogen) atoms. The van der Waals surface area contributed by atoms with E-state index in [0.29, 0.717) is 36.7 Å². The molecule has 1 atom stereocenters. The number of nitrogens with one attached hydrogen (secondary N) is 1. The van der Waals surface area contributed by atoms with E-state index in [4.69, 9.17) is 4.74 Å². The topological polar surface area (TPSA) is 58.6 Å². The summed E-state index contributed by atoms with van der Waals surface area (Å²) in [6, 6.07) is 22.0. The molecule has 0 saturated heterocycles. The number of fused-ring (bicyclic) bond motifs is 1. The number of aliphatic hydroxyl groups excluding tert-OH is 1. The van der Waals surface area contributed by atoms with Gasteiger partial charge in [0.25, 0.3) is 0 Å². The summed E-state index contributed by atoms with van der Waals surface area (Å²) in [5.74, 6) is 0.572. The standard InChI is InChI=1S/C25H29NO3.ClH/c1-18(2)26-16-21(27)17-29-25-13-6-5-12-23(25)24(28)15-14-20-10-7-9-19-8-3-4-11-22(19)20;/h3-13,18,21,26-27H,14-17H2,1-2H3;1H. The Balaban J connectivity index is 0.00000320. The van der Waals surface area contributed by atoms with Gasteiger partial charge in [-0.3, -0.25) is 4.79 Å². The summed E-state index contributed by atoms with van der Waals surface area (Å²) in [7, 11) is 0. The molecular weight excluding hydrogens is 398 g/mol. The van der Waals surface area contributed by atoms with Gasteiger partial charge in [-0.2, -0.15) is 0 Å². The fourth-order valence-electron chi connectivity index (χ4n) is 3.33. The molecular formula is C25H30ClNO3. The summed E-state index contributed by atoms with van der Waals surface area (Å²) in [5.41, 5.74) is 1.74. The lowest BCUT2D eigenvalue weighted by Crippen LogP contribution is -2.35. The van der Waals surface area contributed by atoms with Gasteiger partial charge < -0.3 is 15.2 Å². The lowest BCUT2D eigenvalue weighted by atomic mass is 9.98. The van der Waals surface area contributed by atoms with Crippen LogP contribution in [0.4, 0.5) is 0 Å². The first-order valence-electron chi connectivity index (χ1n) is 10.2. The normalized spacial score (nSPS) is 11.9. The number of ether oxygens (including phenoxy) is 1. The molecule has 3 aromatic rings. The Morgan fingerprint density at radius 1 is 1.00 bits per heavy atom. The molecule has 1 unspecified atom stereocenters. The van der Waals surface area contributed by atoms with E-state index < -0.39 is 6.10 Å². The smallest absolute Gasteiger partial charge is 0.166 e. The van der Waals surface area contributed by atoms with Crippen molar-refractivity contribution in [1.82, 2.24) is 5.32 Å². The summed E-state index contributed by atoms with van der Waals surface area (Å²) in [4.78, 5) is 12.9. The van der Waals surface area contributed by atoms with Gasteiger partial charge in [-0.05, 0) is 34.9 Å². The van der Waals surface area contributed by atoms with Crippen molar-refractivity contribution in [3.8, 4) is 5.75 Å². The fraction of sp³-hybridized carbons (Fsp3) is 0.320. The second-order valence-electron chi connectivity index (χ2n) is 7.59. The van der Waals surface area contributed by atoms with Gasteiger partial charge in [0, 0.05) is 19.0 Å². The second-order valence-corrected chi connectivity index (χ2v) is 7.59. The van der Waals surface area contributed by atoms with Crippen molar-refractivity contribution >= 4 is 29.0 Å². The van der Waals surface area contributed by atoms with E-state index in [1.54, 1.807) is 12.1 Å². The highest BCUT2D eigenvalue weighted by Crippen LogP contribution is 2.23. The Morgan fingerprint density at radius 3 is 2.50 bits per heavy atom. The van der Waals surface area contributed by atoms with Gasteiger partial charge in [0.15, 0.2) is 5.78 Å². The Morgan fingerprint density at radius 2 is 1.70 bits per heavy atom. The average Bonchev–Trinajstić information content (AvgIpc) is 2.74. The molecule has 0 aliphatic rings. The van der Waals surface area contributed by atoms with Crippen LogP contribution in [-0.4, -0.2) is 36.2 Å². The van der Waals surface area contributed by atoms with Crippen LogP contribution in [0.3, 0.4) is 0 Å². The molecule has 4 nitrogen and oxygen atoms in total.